The Hall–Kier alpha value is -2.50. The fourth-order valence-electron chi connectivity index (χ4n) is 5.51. The molecule has 7 heteroatoms. The Kier molecular flexibility index (Phi) is 7.30. The first kappa shape index (κ1) is 27.1. The average molecular weight is 571 g/mol. The topological polar surface area (TPSA) is 25.2 Å². The molecule has 2 aromatic carbocycles. The molecular weight excluding hydrogens is 542 g/mol. The van der Waals surface area contributed by atoms with Crippen LogP contribution in [0.5, 0.6) is 0 Å². The molecule has 1 saturated heterocycles. The van der Waals surface area contributed by atoms with Gasteiger partial charge in [0.1, 0.15) is 0 Å². The summed E-state index contributed by atoms with van der Waals surface area (Å²) in [5.41, 5.74) is 3.49. The summed E-state index contributed by atoms with van der Waals surface area (Å²) in [6.07, 6.45) is 6.59. The minimum atomic E-state index is -0.342. The molecule has 1 aromatic heterocycles. The van der Waals surface area contributed by atoms with Gasteiger partial charge in [-0.1, -0.05) is 34.8 Å². The summed E-state index contributed by atoms with van der Waals surface area (Å²) in [5, 5.41) is 1.76. The quantitative estimate of drug-likeness (QED) is 0.294. The lowest BCUT2D eigenvalue weighted by Crippen LogP contribution is -2.45. The minimum absolute atomic E-state index is 0.110. The third kappa shape index (κ3) is 5.08. The lowest BCUT2D eigenvalue weighted by atomic mass is 9.81. The Bertz CT molecular complexity index is 1530. The summed E-state index contributed by atoms with van der Waals surface area (Å²) in [7, 11) is 0. The summed E-state index contributed by atoms with van der Waals surface area (Å²) < 4.78 is 15.6. The van der Waals surface area contributed by atoms with E-state index in [-0.39, 0.29) is 27.0 Å². The molecular formula is C31H29Cl3FN2O+. The standard InChI is InChI=1S/C31H29Cl3FN2O/c1-18-13-22(35)5-6-23(18)25-14-20(19-9-11-36(12-10-19)31(2,3)4)15-28-24(25)7-8-29(38)37(28)30-26(33)16-21(32)17-27(30)34/h5-8,13-17,19H,1,9-12H2,2-4H3/q+1. The highest BCUT2D eigenvalue weighted by Crippen LogP contribution is 2.40. The van der Waals surface area contributed by atoms with Crippen LogP contribution in [-0.2, 0) is 0 Å². The number of fused-ring (bicyclic) bond motifs is 1. The predicted octanol–water partition coefficient (Wildman–Crippen LogP) is 8.83. The Morgan fingerprint density at radius 2 is 1.68 bits per heavy atom. The normalized spacial score (nSPS) is 17.4. The lowest BCUT2D eigenvalue weighted by molar-refractivity contribution is 0.102. The molecule has 0 unspecified atom stereocenters. The maximum absolute atomic E-state index is 14.0. The third-order valence-electron chi connectivity index (χ3n) is 7.51. The van der Waals surface area contributed by atoms with Crippen LogP contribution < -0.4 is 5.56 Å². The fourth-order valence-corrected chi connectivity index (χ4v) is 6.50. The highest BCUT2D eigenvalue weighted by Gasteiger charge is 2.31. The molecule has 3 nitrogen and oxygen atoms in total. The number of benzene rings is 2. The van der Waals surface area contributed by atoms with Crippen molar-refractivity contribution in [2.24, 2.45) is 0 Å². The van der Waals surface area contributed by atoms with Crippen LogP contribution in [0.4, 0.5) is 4.39 Å². The first-order chi connectivity index (χ1) is 17.9. The number of hydrogen-bond donors (Lipinski definition) is 0. The highest BCUT2D eigenvalue weighted by molar-refractivity contribution is 6.40. The van der Waals surface area contributed by atoms with Crippen LogP contribution in [0.25, 0.3) is 16.6 Å². The van der Waals surface area contributed by atoms with Crippen molar-refractivity contribution in [3.05, 3.63) is 115 Å². The Balaban J connectivity index is 1.74. The van der Waals surface area contributed by atoms with Gasteiger partial charge in [0.15, 0.2) is 5.83 Å². The highest BCUT2D eigenvalue weighted by atomic mass is 35.5. The summed E-state index contributed by atoms with van der Waals surface area (Å²) in [5.74, 6) is 0.764. The molecule has 1 aliphatic carbocycles. The van der Waals surface area contributed by atoms with Gasteiger partial charge >= 0.3 is 0 Å². The molecule has 196 valence electrons. The Morgan fingerprint density at radius 3 is 2.29 bits per heavy atom. The van der Waals surface area contributed by atoms with Crippen LogP contribution in [0.15, 0.2) is 77.4 Å². The Morgan fingerprint density at radius 1 is 1.03 bits per heavy atom. The fraction of sp³-hybridized carbons (Fsp3) is 0.290. The molecule has 38 heavy (non-hydrogen) atoms. The SMILES string of the molecule is C=C1C=C(F)C=C[C+]1c1cc(C2CCN(C(C)(C)C)CC2)cc2c1ccc(=O)n2-c1c(Cl)cc(Cl)cc1Cl. The molecule has 2 heterocycles. The van der Waals surface area contributed by atoms with Crippen LogP contribution in [0.3, 0.4) is 0 Å². The molecule has 2 aliphatic rings. The second kappa shape index (κ2) is 10.2. The zero-order valence-electron chi connectivity index (χ0n) is 21.6. The molecule has 1 fully saturated rings. The third-order valence-corrected chi connectivity index (χ3v) is 8.31. The lowest BCUT2D eigenvalue weighted by Gasteiger charge is -2.41. The first-order valence-corrected chi connectivity index (χ1v) is 13.8. The number of nitrogens with zero attached hydrogens (tertiary/aromatic N) is 2. The van der Waals surface area contributed by atoms with Crippen molar-refractivity contribution in [3.8, 4) is 5.69 Å². The molecule has 0 bridgehead atoms. The van der Waals surface area contributed by atoms with Gasteiger partial charge in [-0.3, -0.25) is 14.3 Å². The average Bonchev–Trinajstić information content (AvgIpc) is 2.84. The van der Waals surface area contributed by atoms with Crippen LogP contribution in [0.2, 0.25) is 15.1 Å². The van der Waals surface area contributed by atoms with Gasteiger partial charge in [0.2, 0.25) is 0 Å². The second-order valence-corrected chi connectivity index (χ2v) is 12.2. The number of halogens is 4. The monoisotopic (exact) mass is 569 g/mol. The zero-order chi connectivity index (χ0) is 27.4. The number of hydrogen-bond acceptors (Lipinski definition) is 2. The molecule has 0 N–H and O–H groups in total. The second-order valence-electron chi connectivity index (χ2n) is 11.0. The van der Waals surface area contributed by atoms with Crippen LogP contribution in [-0.4, -0.2) is 28.1 Å². The number of allylic oxidation sites excluding steroid dienone is 5. The van der Waals surface area contributed by atoms with Crippen LogP contribution in [0, 0.1) is 5.92 Å². The van der Waals surface area contributed by atoms with E-state index in [0.717, 1.165) is 48.4 Å². The van der Waals surface area contributed by atoms with E-state index in [1.165, 1.54) is 18.2 Å². The van der Waals surface area contributed by atoms with Gasteiger partial charge in [-0.25, -0.2) is 0 Å². The number of pyridine rings is 1. The molecule has 0 radical (unpaired) electrons. The van der Waals surface area contributed by atoms with Crippen molar-refractivity contribution in [3.63, 3.8) is 0 Å². The zero-order valence-corrected chi connectivity index (χ0v) is 23.9. The predicted molar refractivity (Wildman–Crippen MR) is 158 cm³/mol. The van der Waals surface area contributed by atoms with E-state index in [1.807, 2.05) is 0 Å². The Labute approximate surface area is 237 Å². The van der Waals surface area contributed by atoms with Gasteiger partial charge in [-0.15, -0.1) is 0 Å². The van der Waals surface area contributed by atoms with Crippen LogP contribution in [0.1, 0.15) is 50.7 Å². The summed E-state index contributed by atoms with van der Waals surface area (Å²) in [4.78, 5) is 15.9. The largest absolute Gasteiger partial charge is 0.298 e. The summed E-state index contributed by atoms with van der Waals surface area (Å²) >= 11 is 19.4. The van der Waals surface area contributed by atoms with E-state index in [4.69, 9.17) is 34.8 Å². The molecule has 3 aromatic rings. The number of aromatic nitrogens is 1. The molecule has 0 saturated carbocycles. The smallest absolute Gasteiger partial charge is 0.256 e. The van der Waals surface area contributed by atoms with E-state index in [1.54, 1.807) is 28.8 Å². The first-order valence-electron chi connectivity index (χ1n) is 12.7. The van der Waals surface area contributed by atoms with Gasteiger partial charge in [0, 0.05) is 40.9 Å². The van der Waals surface area contributed by atoms with Gasteiger partial charge < -0.3 is 0 Å². The van der Waals surface area contributed by atoms with Crippen molar-refractivity contribution < 1.29 is 4.39 Å². The van der Waals surface area contributed by atoms with Crippen molar-refractivity contribution in [1.29, 1.82) is 0 Å². The molecule has 0 spiro atoms. The maximum Gasteiger partial charge on any atom is 0.256 e. The van der Waals surface area contributed by atoms with E-state index in [9.17, 15) is 9.18 Å². The van der Waals surface area contributed by atoms with Gasteiger partial charge in [-0.05, 0) is 89.0 Å². The van der Waals surface area contributed by atoms with E-state index in [0.29, 0.717) is 27.7 Å². The van der Waals surface area contributed by atoms with E-state index in [2.05, 4.69) is 44.4 Å². The minimum Gasteiger partial charge on any atom is -0.298 e. The van der Waals surface area contributed by atoms with Crippen molar-refractivity contribution in [2.75, 3.05) is 13.1 Å². The molecule has 1 aliphatic heterocycles. The van der Waals surface area contributed by atoms with Crippen molar-refractivity contribution in [1.82, 2.24) is 9.47 Å². The van der Waals surface area contributed by atoms with Gasteiger partial charge in [-0.2, -0.15) is 4.39 Å². The van der Waals surface area contributed by atoms with E-state index >= 15 is 0 Å². The van der Waals surface area contributed by atoms with Gasteiger partial charge in [0.05, 0.1) is 43.7 Å². The molecule has 0 atom stereocenters. The number of rotatable bonds is 3. The molecule has 5 rings (SSSR count). The van der Waals surface area contributed by atoms with Crippen LogP contribution >= 0.6 is 34.8 Å². The van der Waals surface area contributed by atoms with Gasteiger partial charge in [0.25, 0.3) is 5.56 Å². The maximum atomic E-state index is 14.0. The summed E-state index contributed by atoms with van der Waals surface area (Å²) in [6.45, 7) is 12.8. The van der Waals surface area contributed by atoms with Crippen molar-refractivity contribution >= 4 is 45.7 Å². The van der Waals surface area contributed by atoms with E-state index < -0.39 is 0 Å². The van der Waals surface area contributed by atoms with Crippen molar-refractivity contribution in [2.45, 2.75) is 45.1 Å². The molecule has 0 amide bonds. The summed E-state index contributed by atoms with van der Waals surface area (Å²) in [6, 6.07) is 10.7. The number of piperidine rings is 1. The number of likely N-dealkylation sites (tertiary alicyclic amines) is 1.